The lowest BCUT2D eigenvalue weighted by molar-refractivity contribution is -0.192. The Bertz CT molecular complexity index is 940. The van der Waals surface area contributed by atoms with Gasteiger partial charge in [-0.1, -0.05) is 0 Å². The van der Waals surface area contributed by atoms with Crippen LogP contribution in [0.25, 0.3) is 0 Å². The van der Waals surface area contributed by atoms with Gasteiger partial charge in [0.2, 0.25) is 5.91 Å². The molecule has 9 nitrogen and oxygen atoms in total. The quantitative estimate of drug-likeness (QED) is 0.779. The molecule has 1 N–H and O–H groups in total. The van der Waals surface area contributed by atoms with Gasteiger partial charge in [0.25, 0.3) is 0 Å². The van der Waals surface area contributed by atoms with Crippen molar-refractivity contribution in [3.63, 3.8) is 0 Å². The first-order chi connectivity index (χ1) is 14.5. The maximum Gasteiger partial charge on any atom is 0.490 e. The number of imidazole rings is 1. The Balaban J connectivity index is 0.000000339. The van der Waals surface area contributed by atoms with Gasteiger partial charge >= 0.3 is 12.1 Å². The summed E-state index contributed by atoms with van der Waals surface area (Å²) in [6.07, 6.45) is 5.41. The van der Waals surface area contributed by atoms with Crippen molar-refractivity contribution in [2.75, 3.05) is 24.5 Å². The van der Waals surface area contributed by atoms with E-state index in [2.05, 4.69) is 19.5 Å². The Kier molecular flexibility index (Phi) is 6.39. The first-order valence-electron chi connectivity index (χ1n) is 9.81. The third-order valence-electron chi connectivity index (χ3n) is 5.70. The fraction of sp³-hybridized carbons (Fsp3) is 0.579. The van der Waals surface area contributed by atoms with E-state index < -0.39 is 12.1 Å². The average Bonchev–Trinajstić information content (AvgIpc) is 3.37. The Labute approximate surface area is 177 Å². The topological polar surface area (TPSA) is 96.5 Å². The summed E-state index contributed by atoms with van der Waals surface area (Å²) in [6, 6.07) is 0. The molecule has 12 heteroatoms. The van der Waals surface area contributed by atoms with Crippen molar-refractivity contribution >= 4 is 17.6 Å². The zero-order valence-electron chi connectivity index (χ0n) is 17.3. The first kappa shape index (κ1) is 22.8. The van der Waals surface area contributed by atoms with Crippen molar-refractivity contribution in [1.82, 2.24) is 24.2 Å². The standard InChI is InChI=1S/C17H24N6O.C2HF3O2/c1-20-9-6-18-15(20)12-22-7-3-4-17(13-22)5-8-23(16(17)24)14-10-19-21(2)11-14;3-2(4,5)1(6)7/h6,9-11H,3-5,7-8,12-13H2,1-2H3;(H,6,7). The summed E-state index contributed by atoms with van der Waals surface area (Å²) in [4.78, 5) is 30.8. The minimum Gasteiger partial charge on any atom is -0.475 e. The molecule has 170 valence electrons. The number of hydrogen-bond acceptors (Lipinski definition) is 5. The van der Waals surface area contributed by atoms with Gasteiger partial charge in [-0.2, -0.15) is 18.3 Å². The zero-order valence-corrected chi connectivity index (χ0v) is 17.3. The molecule has 2 aromatic rings. The molecule has 4 rings (SSSR count). The number of nitrogens with zero attached hydrogens (tertiary/aromatic N) is 6. The molecule has 1 amide bonds. The summed E-state index contributed by atoms with van der Waals surface area (Å²) in [6.45, 7) is 3.47. The van der Waals surface area contributed by atoms with Crippen molar-refractivity contribution in [3.8, 4) is 0 Å². The van der Waals surface area contributed by atoms with Gasteiger partial charge in [0.05, 0.1) is 23.8 Å². The highest BCUT2D eigenvalue weighted by Gasteiger charge is 2.49. The summed E-state index contributed by atoms with van der Waals surface area (Å²) >= 11 is 0. The number of halogens is 3. The number of amides is 1. The van der Waals surface area contributed by atoms with E-state index in [0.29, 0.717) is 0 Å². The lowest BCUT2D eigenvalue weighted by atomic mass is 9.78. The molecule has 0 radical (unpaired) electrons. The minimum absolute atomic E-state index is 0.237. The van der Waals surface area contributed by atoms with Crippen molar-refractivity contribution < 1.29 is 27.9 Å². The lowest BCUT2D eigenvalue weighted by Crippen LogP contribution is -2.47. The van der Waals surface area contributed by atoms with Gasteiger partial charge in [0.15, 0.2) is 0 Å². The number of alkyl halides is 3. The number of hydrogen-bond donors (Lipinski definition) is 1. The number of carboxylic acid groups (broad SMARTS) is 1. The van der Waals surface area contributed by atoms with E-state index in [4.69, 9.17) is 9.90 Å². The van der Waals surface area contributed by atoms with Crippen LogP contribution in [0.3, 0.4) is 0 Å². The van der Waals surface area contributed by atoms with Gasteiger partial charge in [0.1, 0.15) is 5.82 Å². The van der Waals surface area contributed by atoms with Gasteiger partial charge in [-0.25, -0.2) is 9.78 Å². The van der Waals surface area contributed by atoms with Crippen molar-refractivity contribution in [1.29, 1.82) is 0 Å². The van der Waals surface area contributed by atoms with Gasteiger partial charge in [-0.05, 0) is 25.8 Å². The molecule has 2 aliphatic heterocycles. The van der Waals surface area contributed by atoms with Gasteiger partial charge in [-0.3, -0.25) is 14.4 Å². The highest BCUT2D eigenvalue weighted by atomic mass is 19.4. The molecule has 2 aliphatic rings. The fourth-order valence-corrected chi connectivity index (χ4v) is 4.10. The van der Waals surface area contributed by atoms with Gasteiger partial charge < -0.3 is 14.6 Å². The second-order valence-electron chi connectivity index (χ2n) is 7.93. The molecule has 2 aromatic heterocycles. The minimum atomic E-state index is -5.08. The Morgan fingerprint density at radius 1 is 1.26 bits per heavy atom. The molecule has 31 heavy (non-hydrogen) atoms. The van der Waals surface area contributed by atoms with E-state index in [9.17, 15) is 18.0 Å². The Morgan fingerprint density at radius 3 is 2.52 bits per heavy atom. The molecule has 0 aliphatic carbocycles. The molecule has 0 bridgehead atoms. The molecule has 2 saturated heterocycles. The van der Waals surface area contributed by atoms with E-state index in [1.165, 1.54) is 0 Å². The second kappa shape index (κ2) is 8.69. The normalized spacial score (nSPS) is 22.0. The summed E-state index contributed by atoms with van der Waals surface area (Å²) < 4.78 is 35.5. The van der Waals surface area contributed by atoms with Gasteiger partial charge in [0, 0.05) is 45.8 Å². The molecule has 1 spiro atoms. The van der Waals surface area contributed by atoms with E-state index >= 15 is 0 Å². The van der Waals surface area contributed by atoms with Crippen molar-refractivity contribution in [3.05, 3.63) is 30.6 Å². The fourth-order valence-electron chi connectivity index (χ4n) is 4.10. The predicted octanol–water partition coefficient (Wildman–Crippen LogP) is 1.81. The third kappa shape index (κ3) is 5.06. The number of likely N-dealkylation sites (tertiary alicyclic amines) is 1. The monoisotopic (exact) mass is 442 g/mol. The van der Waals surface area contributed by atoms with Crippen LogP contribution >= 0.6 is 0 Å². The summed E-state index contributed by atoms with van der Waals surface area (Å²) in [5.41, 5.74) is 0.680. The molecule has 0 aromatic carbocycles. The summed E-state index contributed by atoms with van der Waals surface area (Å²) in [7, 11) is 3.90. The molecule has 4 heterocycles. The van der Waals surface area contributed by atoms with Crippen LogP contribution in [0.4, 0.5) is 18.9 Å². The van der Waals surface area contributed by atoms with Crippen LogP contribution in [-0.2, 0) is 30.2 Å². The first-order valence-corrected chi connectivity index (χ1v) is 9.81. The third-order valence-corrected chi connectivity index (χ3v) is 5.70. The Hall–Kier alpha value is -2.89. The number of piperidine rings is 1. The highest BCUT2D eigenvalue weighted by molar-refractivity contribution is 6.00. The maximum absolute atomic E-state index is 13.1. The van der Waals surface area contributed by atoms with E-state index in [1.54, 1.807) is 10.9 Å². The number of anilines is 1. The summed E-state index contributed by atoms with van der Waals surface area (Å²) in [5.74, 6) is -1.44. The number of rotatable bonds is 3. The van der Waals surface area contributed by atoms with Crippen LogP contribution in [-0.4, -0.2) is 67.0 Å². The summed E-state index contributed by atoms with van der Waals surface area (Å²) in [5, 5.41) is 11.3. The SMILES string of the molecule is Cn1cc(N2CCC3(CCCN(Cc4nccn4C)C3)C2=O)cn1.O=C(O)C(F)(F)F. The second-order valence-corrected chi connectivity index (χ2v) is 7.93. The molecular formula is C19H25F3N6O3. The zero-order chi connectivity index (χ0) is 22.8. The van der Waals surface area contributed by atoms with Crippen LogP contribution in [0, 0.1) is 5.41 Å². The van der Waals surface area contributed by atoms with E-state index in [1.807, 2.05) is 37.6 Å². The average molecular weight is 442 g/mol. The molecular weight excluding hydrogens is 417 g/mol. The van der Waals surface area contributed by atoms with Crippen LogP contribution in [0.15, 0.2) is 24.8 Å². The Morgan fingerprint density at radius 2 is 1.97 bits per heavy atom. The smallest absolute Gasteiger partial charge is 0.475 e. The lowest BCUT2D eigenvalue weighted by Gasteiger charge is -2.38. The maximum atomic E-state index is 13.1. The van der Waals surface area contributed by atoms with Crippen LogP contribution < -0.4 is 4.90 Å². The molecule has 1 atom stereocenters. The molecule has 1 unspecified atom stereocenters. The number of aromatic nitrogens is 4. The number of aryl methyl sites for hydroxylation is 2. The molecule has 0 saturated carbocycles. The van der Waals surface area contributed by atoms with Crippen LogP contribution in [0.1, 0.15) is 25.1 Å². The van der Waals surface area contributed by atoms with Gasteiger partial charge in [-0.15, -0.1) is 0 Å². The molecule has 2 fully saturated rings. The van der Waals surface area contributed by atoms with Crippen molar-refractivity contribution in [2.24, 2.45) is 19.5 Å². The number of carbonyl (C=O) groups is 2. The number of carbonyl (C=O) groups excluding carboxylic acids is 1. The van der Waals surface area contributed by atoms with E-state index in [0.717, 1.165) is 57.0 Å². The number of aliphatic carboxylic acids is 1. The largest absolute Gasteiger partial charge is 0.490 e. The van der Waals surface area contributed by atoms with Crippen LogP contribution in [0.2, 0.25) is 0 Å². The number of carboxylic acids is 1. The van der Waals surface area contributed by atoms with Crippen LogP contribution in [0.5, 0.6) is 0 Å². The van der Waals surface area contributed by atoms with E-state index in [-0.39, 0.29) is 11.3 Å². The van der Waals surface area contributed by atoms with Crippen molar-refractivity contribution in [2.45, 2.75) is 32.0 Å². The predicted molar refractivity (Wildman–Crippen MR) is 104 cm³/mol. The highest BCUT2D eigenvalue weighted by Crippen LogP contribution is 2.42.